The summed E-state index contributed by atoms with van der Waals surface area (Å²) in [6.07, 6.45) is -0.338. The van der Waals surface area contributed by atoms with Crippen molar-refractivity contribution in [3.8, 4) is 0 Å². The van der Waals surface area contributed by atoms with Crippen molar-refractivity contribution in [2.45, 2.75) is 40.0 Å². The van der Waals surface area contributed by atoms with Gasteiger partial charge in [0, 0.05) is 29.4 Å². The highest BCUT2D eigenvalue weighted by Gasteiger charge is 2.11. The number of halogens is 1. The third-order valence-corrected chi connectivity index (χ3v) is 3.77. The standard InChI is InChI=1S/C16H22ClN3O/c1-11(21)8-18-9-16-12(2)19-20(13(16)3)10-14-4-6-15(17)7-5-14/h4-7,11,18,21H,8-10H2,1-3H3. The molecular weight excluding hydrogens is 286 g/mol. The lowest BCUT2D eigenvalue weighted by Crippen LogP contribution is -2.24. The number of nitrogens with zero attached hydrogens (tertiary/aromatic N) is 2. The summed E-state index contributed by atoms with van der Waals surface area (Å²) < 4.78 is 2.01. The summed E-state index contributed by atoms with van der Waals surface area (Å²) in [5.74, 6) is 0. The monoisotopic (exact) mass is 307 g/mol. The van der Waals surface area contributed by atoms with Gasteiger partial charge >= 0.3 is 0 Å². The molecule has 0 saturated heterocycles. The number of aryl methyl sites for hydroxylation is 1. The molecule has 0 spiro atoms. The number of benzene rings is 1. The van der Waals surface area contributed by atoms with E-state index in [9.17, 15) is 5.11 Å². The van der Waals surface area contributed by atoms with Gasteiger partial charge in [-0.3, -0.25) is 4.68 Å². The number of aliphatic hydroxyl groups excluding tert-OH is 1. The lowest BCUT2D eigenvalue weighted by Gasteiger charge is -2.08. The Kier molecular flexibility index (Phi) is 5.39. The van der Waals surface area contributed by atoms with Crippen molar-refractivity contribution in [3.05, 3.63) is 51.8 Å². The van der Waals surface area contributed by atoms with Crippen LogP contribution in [0.3, 0.4) is 0 Å². The highest BCUT2D eigenvalue weighted by molar-refractivity contribution is 6.30. The molecule has 2 rings (SSSR count). The van der Waals surface area contributed by atoms with E-state index >= 15 is 0 Å². The number of hydrogen-bond donors (Lipinski definition) is 2. The van der Waals surface area contributed by atoms with Crippen molar-refractivity contribution in [1.82, 2.24) is 15.1 Å². The number of rotatable bonds is 6. The minimum atomic E-state index is -0.338. The summed E-state index contributed by atoms with van der Waals surface area (Å²) in [7, 11) is 0. The van der Waals surface area contributed by atoms with Crippen molar-refractivity contribution < 1.29 is 5.11 Å². The fourth-order valence-electron chi connectivity index (χ4n) is 2.31. The van der Waals surface area contributed by atoms with Crippen LogP contribution in [0.25, 0.3) is 0 Å². The maximum atomic E-state index is 9.30. The first kappa shape index (κ1) is 16.0. The zero-order valence-electron chi connectivity index (χ0n) is 12.7. The van der Waals surface area contributed by atoms with Gasteiger partial charge in [-0.2, -0.15) is 5.10 Å². The molecule has 0 bridgehead atoms. The van der Waals surface area contributed by atoms with E-state index in [1.807, 2.05) is 35.9 Å². The minimum Gasteiger partial charge on any atom is -0.392 e. The molecule has 1 unspecified atom stereocenters. The maximum Gasteiger partial charge on any atom is 0.0662 e. The van der Waals surface area contributed by atoms with E-state index in [2.05, 4.69) is 17.3 Å². The lowest BCUT2D eigenvalue weighted by atomic mass is 10.2. The molecule has 1 heterocycles. The molecule has 0 aliphatic heterocycles. The van der Waals surface area contributed by atoms with Crippen LogP contribution in [0.15, 0.2) is 24.3 Å². The van der Waals surface area contributed by atoms with Crippen LogP contribution in [-0.2, 0) is 13.1 Å². The van der Waals surface area contributed by atoms with E-state index in [1.165, 1.54) is 11.1 Å². The van der Waals surface area contributed by atoms with Crippen LogP contribution in [0.1, 0.15) is 29.4 Å². The number of aliphatic hydroxyl groups is 1. The Morgan fingerprint density at radius 3 is 2.57 bits per heavy atom. The second-order valence-electron chi connectivity index (χ2n) is 5.41. The molecule has 1 atom stereocenters. The molecule has 4 nitrogen and oxygen atoms in total. The maximum absolute atomic E-state index is 9.30. The molecule has 21 heavy (non-hydrogen) atoms. The highest BCUT2D eigenvalue weighted by atomic mass is 35.5. The SMILES string of the molecule is Cc1nn(Cc2ccc(Cl)cc2)c(C)c1CNCC(C)O. The lowest BCUT2D eigenvalue weighted by molar-refractivity contribution is 0.191. The number of nitrogens with one attached hydrogen (secondary N) is 1. The average molecular weight is 308 g/mol. The van der Waals surface area contributed by atoms with Gasteiger partial charge in [-0.05, 0) is 38.5 Å². The summed E-state index contributed by atoms with van der Waals surface area (Å²) in [4.78, 5) is 0. The highest BCUT2D eigenvalue weighted by Crippen LogP contribution is 2.16. The van der Waals surface area contributed by atoms with Gasteiger partial charge in [0.05, 0.1) is 18.3 Å². The predicted molar refractivity (Wildman–Crippen MR) is 85.6 cm³/mol. The van der Waals surface area contributed by atoms with Gasteiger partial charge in [-0.25, -0.2) is 0 Å². The zero-order valence-corrected chi connectivity index (χ0v) is 13.5. The van der Waals surface area contributed by atoms with Gasteiger partial charge in [0.25, 0.3) is 0 Å². The van der Waals surface area contributed by atoms with Crippen molar-refractivity contribution in [3.63, 3.8) is 0 Å². The van der Waals surface area contributed by atoms with E-state index < -0.39 is 0 Å². The van der Waals surface area contributed by atoms with Crippen molar-refractivity contribution in [1.29, 1.82) is 0 Å². The van der Waals surface area contributed by atoms with E-state index in [-0.39, 0.29) is 6.10 Å². The summed E-state index contributed by atoms with van der Waals surface area (Å²) in [5, 5.41) is 17.9. The zero-order chi connectivity index (χ0) is 15.4. The van der Waals surface area contributed by atoms with Crippen LogP contribution in [0, 0.1) is 13.8 Å². The van der Waals surface area contributed by atoms with Gasteiger partial charge in [0.1, 0.15) is 0 Å². The van der Waals surface area contributed by atoms with Crippen molar-refractivity contribution in [2.75, 3.05) is 6.54 Å². The quantitative estimate of drug-likeness (QED) is 0.862. The number of aromatic nitrogens is 2. The minimum absolute atomic E-state index is 0.338. The van der Waals surface area contributed by atoms with Gasteiger partial charge in [0.15, 0.2) is 0 Å². The van der Waals surface area contributed by atoms with Crippen LogP contribution < -0.4 is 5.32 Å². The molecule has 2 N–H and O–H groups in total. The normalized spacial score (nSPS) is 12.6. The Hall–Kier alpha value is -1.36. The van der Waals surface area contributed by atoms with E-state index in [4.69, 9.17) is 11.6 Å². The molecule has 1 aromatic heterocycles. The Morgan fingerprint density at radius 2 is 1.95 bits per heavy atom. The van der Waals surface area contributed by atoms with E-state index in [0.717, 1.165) is 29.5 Å². The fraction of sp³-hybridized carbons (Fsp3) is 0.438. The molecule has 2 aromatic rings. The summed E-state index contributed by atoms with van der Waals surface area (Å²) in [5.41, 5.74) is 4.55. The summed E-state index contributed by atoms with van der Waals surface area (Å²) >= 11 is 5.91. The summed E-state index contributed by atoms with van der Waals surface area (Å²) in [6, 6.07) is 7.83. The second-order valence-corrected chi connectivity index (χ2v) is 5.85. The largest absolute Gasteiger partial charge is 0.392 e. The molecule has 0 amide bonds. The van der Waals surface area contributed by atoms with Gasteiger partial charge < -0.3 is 10.4 Å². The fourth-order valence-corrected chi connectivity index (χ4v) is 2.44. The van der Waals surface area contributed by atoms with Gasteiger partial charge in [-0.1, -0.05) is 23.7 Å². The molecule has 0 fully saturated rings. The van der Waals surface area contributed by atoms with Crippen LogP contribution in [0.4, 0.5) is 0 Å². The average Bonchev–Trinajstić information content (AvgIpc) is 2.68. The Morgan fingerprint density at radius 1 is 1.29 bits per heavy atom. The van der Waals surface area contributed by atoms with E-state index in [1.54, 1.807) is 6.92 Å². The summed E-state index contributed by atoms with van der Waals surface area (Å²) in [6.45, 7) is 7.92. The molecule has 0 aliphatic carbocycles. The molecular formula is C16H22ClN3O. The molecule has 0 saturated carbocycles. The van der Waals surface area contributed by atoms with E-state index in [0.29, 0.717) is 6.54 Å². The first-order valence-electron chi connectivity index (χ1n) is 7.13. The first-order chi connectivity index (χ1) is 9.97. The molecule has 1 aromatic carbocycles. The smallest absolute Gasteiger partial charge is 0.0662 e. The topological polar surface area (TPSA) is 50.1 Å². The van der Waals surface area contributed by atoms with Crippen LogP contribution in [-0.4, -0.2) is 27.5 Å². The van der Waals surface area contributed by atoms with Gasteiger partial charge in [0.2, 0.25) is 0 Å². The third kappa shape index (κ3) is 4.30. The Labute approximate surface area is 130 Å². The predicted octanol–water partition coefficient (Wildman–Crippen LogP) is 2.67. The molecule has 0 aliphatic rings. The van der Waals surface area contributed by atoms with Crippen molar-refractivity contribution >= 4 is 11.6 Å². The molecule has 5 heteroatoms. The van der Waals surface area contributed by atoms with Crippen LogP contribution >= 0.6 is 11.6 Å². The molecule has 114 valence electrons. The Balaban J connectivity index is 2.09. The Bertz CT molecular complexity index is 590. The van der Waals surface area contributed by atoms with Crippen LogP contribution in [0.5, 0.6) is 0 Å². The third-order valence-electron chi connectivity index (χ3n) is 3.52. The van der Waals surface area contributed by atoms with Gasteiger partial charge in [-0.15, -0.1) is 0 Å². The van der Waals surface area contributed by atoms with Crippen molar-refractivity contribution in [2.24, 2.45) is 0 Å². The molecule has 0 radical (unpaired) electrons. The number of hydrogen-bond acceptors (Lipinski definition) is 3. The first-order valence-corrected chi connectivity index (χ1v) is 7.51. The van der Waals surface area contributed by atoms with Crippen LogP contribution in [0.2, 0.25) is 5.02 Å². The second kappa shape index (κ2) is 7.07.